The summed E-state index contributed by atoms with van der Waals surface area (Å²) in [6.45, 7) is 1.19. The van der Waals surface area contributed by atoms with Gasteiger partial charge in [0.25, 0.3) is 0 Å². The molecule has 0 aliphatic heterocycles. The molecule has 4 nitrogen and oxygen atoms in total. The van der Waals surface area contributed by atoms with Crippen LogP contribution < -0.4 is 9.47 Å². The van der Waals surface area contributed by atoms with E-state index in [1.807, 2.05) is 0 Å². The minimum Gasteiger partial charge on any atom is -0.426 e. The quantitative estimate of drug-likeness (QED) is 0.491. The minimum atomic E-state index is -0.780. The van der Waals surface area contributed by atoms with E-state index in [0.717, 1.165) is 12.1 Å². The number of rotatable bonds is 4. The Morgan fingerprint density at radius 2 is 1.59 bits per heavy atom. The lowest BCUT2D eigenvalue weighted by Crippen LogP contribution is -2.13. The Labute approximate surface area is 154 Å². The standard InChI is InChI=1S/C21H14F2O4/c1-13(24)26-20-10-7-14(17-9-8-15(22)12-19(17)23)11-18(20)21(25)27-16-5-3-2-4-6-16/h2-12H,1H3. The summed E-state index contributed by atoms with van der Waals surface area (Å²) in [6.07, 6.45) is 0. The monoisotopic (exact) mass is 368 g/mol. The summed E-state index contributed by atoms with van der Waals surface area (Å²) in [4.78, 5) is 23.9. The zero-order valence-corrected chi connectivity index (χ0v) is 14.2. The minimum absolute atomic E-state index is 0.0188. The molecule has 0 fully saturated rings. The molecule has 0 saturated carbocycles. The first-order chi connectivity index (χ1) is 12.9. The number of ether oxygens (including phenoxy) is 2. The van der Waals surface area contributed by atoms with Gasteiger partial charge in [-0.3, -0.25) is 4.79 Å². The molecule has 3 rings (SSSR count). The van der Waals surface area contributed by atoms with Gasteiger partial charge in [0.2, 0.25) is 0 Å². The lowest BCUT2D eigenvalue weighted by Gasteiger charge is -2.12. The van der Waals surface area contributed by atoms with Crippen LogP contribution in [0.4, 0.5) is 8.78 Å². The van der Waals surface area contributed by atoms with Gasteiger partial charge in [-0.2, -0.15) is 0 Å². The molecule has 0 aliphatic rings. The highest BCUT2D eigenvalue weighted by molar-refractivity contribution is 5.96. The summed E-state index contributed by atoms with van der Waals surface area (Å²) < 4.78 is 37.6. The Morgan fingerprint density at radius 3 is 2.26 bits per heavy atom. The number of hydrogen-bond donors (Lipinski definition) is 0. The van der Waals surface area contributed by atoms with E-state index in [-0.39, 0.29) is 16.9 Å². The third kappa shape index (κ3) is 4.36. The maximum Gasteiger partial charge on any atom is 0.347 e. The van der Waals surface area contributed by atoms with Crippen molar-refractivity contribution in [3.05, 3.63) is 83.9 Å². The zero-order valence-electron chi connectivity index (χ0n) is 14.2. The number of hydrogen-bond acceptors (Lipinski definition) is 4. The first-order valence-corrected chi connectivity index (χ1v) is 7.99. The molecule has 0 heterocycles. The average Bonchev–Trinajstić information content (AvgIpc) is 2.62. The summed E-state index contributed by atoms with van der Waals surface area (Å²) in [5, 5.41) is 0. The molecule has 0 bridgehead atoms. The highest BCUT2D eigenvalue weighted by Crippen LogP contribution is 2.30. The summed E-state index contributed by atoms with van der Waals surface area (Å²) in [5.41, 5.74) is 0.346. The van der Waals surface area contributed by atoms with Gasteiger partial charge in [0.1, 0.15) is 28.7 Å². The van der Waals surface area contributed by atoms with Gasteiger partial charge in [-0.1, -0.05) is 24.3 Å². The molecule has 27 heavy (non-hydrogen) atoms. The van der Waals surface area contributed by atoms with Crippen molar-refractivity contribution in [1.29, 1.82) is 0 Å². The maximum absolute atomic E-state index is 14.1. The van der Waals surface area contributed by atoms with Crippen LogP contribution in [0.3, 0.4) is 0 Å². The molecule has 0 radical (unpaired) electrons. The van der Waals surface area contributed by atoms with E-state index in [1.54, 1.807) is 30.3 Å². The molecular weight excluding hydrogens is 354 g/mol. The molecule has 3 aromatic carbocycles. The molecule has 0 aliphatic carbocycles. The van der Waals surface area contributed by atoms with E-state index in [1.165, 1.54) is 31.2 Å². The molecule has 0 amide bonds. The van der Waals surface area contributed by atoms with Crippen LogP contribution in [0.5, 0.6) is 11.5 Å². The summed E-state index contributed by atoms with van der Waals surface area (Å²) in [5.74, 6) is -2.61. The topological polar surface area (TPSA) is 52.6 Å². The number of para-hydroxylation sites is 1. The second-order valence-electron chi connectivity index (χ2n) is 5.63. The van der Waals surface area contributed by atoms with Crippen LogP contribution in [0.25, 0.3) is 11.1 Å². The van der Waals surface area contributed by atoms with Gasteiger partial charge in [-0.05, 0) is 42.0 Å². The predicted molar refractivity (Wildman–Crippen MR) is 94.5 cm³/mol. The Bertz CT molecular complexity index is 1000. The molecule has 0 N–H and O–H groups in total. The lowest BCUT2D eigenvalue weighted by atomic mass is 10.0. The number of carbonyl (C=O) groups is 2. The molecular formula is C21H14F2O4. The van der Waals surface area contributed by atoms with Crippen molar-refractivity contribution in [2.24, 2.45) is 0 Å². The Balaban J connectivity index is 2.02. The average molecular weight is 368 g/mol. The van der Waals surface area contributed by atoms with E-state index in [2.05, 4.69) is 0 Å². The van der Waals surface area contributed by atoms with Crippen molar-refractivity contribution in [2.45, 2.75) is 6.92 Å². The van der Waals surface area contributed by atoms with Crippen molar-refractivity contribution >= 4 is 11.9 Å². The highest BCUT2D eigenvalue weighted by Gasteiger charge is 2.19. The van der Waals surface area contributed by atoms with Crippen LogP contribution in [0.2, 0.25) is 0 Å². The second kappa shape index (κ2) is 7.78. The molecule has 0 unspecified atom stereocenters. The van der Waals surface area contributed by atoms with Gasteiger partial charge in [0, 0.05) is 18.6 Å². The molecule has 0 aromatic heterocycles. The van der Waals surface area contributed by atoms with Crippen molar-refractivity contribution in [3.63, 3.8) is 0 Å². The molecule has 3 aromatic rings. The number of carbonyl (C=O) groups excluding carboxylic acids is 2. The van der Waals surface area contributed by atoms with Crippen LogP contribution in [-0.2, 0) is 4.79 Å². The van der Waals surface area contributed by atoms with Crippen molar-refractivity contribution in [1.82, 2.24) is 0 Å². The van der Waals surface area contributed by atoms with Crippen molar-refractivity contribution in [2.75, 3.05) is 0 Å². The summed E-state index contributed by atoms with van der Waals surface area (Å²) in [7, 11) is 0. The maximum atomic E-state index is 14.1. The van der Waals surface area contributed by atoms with Gasteiger partial charge in [-0.15, -0.1) is 0 Å². The second-order valence-corrected chi connectivity index (χ2v) is 5.63. The fourth-order valence-corrected chi connectivity index (χ4v) is 2.48. The SMILES string of the molecule is CC(=O)Oc1ccc(-c2ccc(F)cc2F)cc1C(=O)Oc1ccccc1. The van der Waals surface area contributed by atoms with Crippen LogP contribution in [-0.4, -0.2) is 11.9 Å². The fraction of sp³-hybridized carbons (Fsp3) is 0.0476. The molecule has 0 saturated heterocycles. The van der Waals surface area contributed by atoms with Crippen molar-refractivity contribution in [3.8, 4) is 22.6 Å². The van der Waals surface area contributed by atoms with Gasteiger partial charge >= 0.3 is 11.9 Å². The first kappa shape index (κ1) is 18.3. The Morgan fingerprint density at radius 1 is 0.852 bits per heavy atom. The smallest absolute Gasteiger partial charge is 0.347 e. The zero-order chi connectivity index (χ0) is 19.4. The highest BCUT2D eigenvalue weighted by atomic mass is 19.1. The first-order valence-electron chi connectivity index (χ1n) is 7.99. The number of benzene rings is 3. The van der Waals surface area contributed by atoms with E-state index >= 15 is 0 Å². The molecule has 0 atom stereocenters. The van der Waals surface area contributed by atoms with Gasteiger partial charge in [0.15, 0.2) is 0 Å². The number of halogens is 2. The van der Waals surface area contributed by atoms with E-state index in [0.29, 0.717) is 11.3 Å². The Hall–Kier alpha value is -3.54. The third-order valence-electron chi connectivity index (χ3n) is 3.65. The van der Waals surface area contributed by atoms with Gasteiger partial charge < -0.3 is 9.47 Å². The van der Waals surface area contributed by atoms with Gasteiger partial charge in [0.05, 0.1) is 0 Å². The van der Waals surface area contributed by atoms with Crippen molar-refractivity contribution < 1.29 is 27.8 Å². The van der Waals surface area contributed by atoms with E-state index < -0.39 is 23.6 Å². The molecule has 0 spiro atoms. The van der Waals surface area contributed by atoms with Crippen LogP contribution >= 0.6 is 0 Å². The third-order valence-corrected chi connectivity index (χ3v) is 3.65. The largest absolute Gasteiger partial charge is 0.426 e. The summed E-state index contributed by atoms with van der Waals surface area (Å²) in [6, 6.07) is 15.6. The number of esters is 2. The Kier molecular flexibility index (Phi) is 5.26. The molecule has 6 heteroatoms. The lowest BCUT2D eigenvalue weighted by molar-refractivity contribution is -0.131. The van der Waals surface area contributed by atoms with E-state index in [9.17, 15) is 18.4 Å². The predicted octanol–water partition coefficient (Wildman–Crippen LogP) is 4.78. The van der Waals surface area contributed by atoms with Crippen LogP contribution in [0, 0.1) is 11.6 Å². The fourth-order valence-electron chi connectivity index (χ4n) is 2.48. The van der Waals surface area contributed by atoms with E-state index in [4.69, 9.17) is 9.47 Å². The van der Waals surface area contributed by atoms with Gasteiger partial charge in [-0.25, -0.2) is 13.6 Å². The summed E-state index contributed by atoms with van der Waals surface area (Å²) >= 11 is 0. The molecule has 136 valence electrons. The normalized spacial score (nSPS) is 10.3. The van der Waals surface area contributed by atoms with Crippen LogP contribution in [0.15, 0.2) is 66.7 Å². The van der Waals surface area contributed by atoms with Crippen LogP contribution in [0.1, 0.15) is 17.3 Å².